The molecule has 2 saturated heterocycles. The Kier molecular flexibility index (Phi) is 5.29. The van der Waals surface area contributed by atoms with Crippen molar-refractivity contribution in [2.75, 3.05) is 40.5 Å². The van der Waals surface area contributed by atoms with Crippen LogP contribution in [0.15, 0.2) is 18.2 Å². The lowest BCUT2D eigenvalue weighted by atomic mass is 9.72. The molecule has 5 nitrogen and oxygen atoms in total. The van der Waals surface area contributed by atoms with Crippen molar-refractivity contribution in [2.24, 2.45) is 5.41 Å². The molecule has 132 valence electrons. The van der Waals surface area contributed by atoms with E-state index in [0.717, 1.165) is 57.6 Å². The zero-order valence-corrected chi connectivity index (χ0v) is 14.7. The van der Waals surface area contributed by atoms with E-state index < -0.39 is 0 Å². The highest BCUT2D eigenvalue weighted by Gasteiger charge is 2.37. The average Bonchev–Trinajstić information content (AvgIpc) is 2.62. The van der Waals surface area contributed by atoms with Gasteiger partial charge in [-0.3, -0.25) is 4.79 Å². The monoisotopic (exact) mass is 333 g/mol. The van der Waals surface area contributed by atoms with Crippen LogP contribution in [0, 0.1) is 5.41 Å². The first-order valence-electron chi connectivity index (χ1n) is 8.72. The second kappa shape index (κ2) is 7.43. The molecule has 0 aliphatic carbocycles. The predicted octanol–water partition coefficient (Wildman–Crippen LogP) is 2.67. The number of hydrogen-bond acceptors (Lipinski definition) is 4. The summed E-state index contributed by atoms with van der Waals surface area (Å²) >= 11 is 0. The average molecular weight is 333 g/mol. The molecule has 0 unspecified atom stereocenters. The standard InChI is InChI=1S/C19H27NO4/c1-22-16-4-3-15(13-17(16)23-2)14-18(21)20-9-5-19(6-10-20)7-11-24-12-8-19/h3-4,13H,5-12,14H2,1-2H3. The minimum Gasteiger partial charge on any atom is -0.493 e. The van der Waals surface area contributed by atoms with Crippen LogP contribution in [-0.2, 0) is 16.0 Å². The quantitative estimate of drug-likeness (QED) is 0.850. The molecule has 2 fully saturated rings. The molecule has 2 aliphatic rings. The number of carbonyl (C=O) groups excluding carboxylic acids is 1. The number of amides is 1. The van der Waals surface area contributed by atoms with Crippen molar-refractivity contribution < 1.29 is 19.0 Å². The lowest BCUT2D eigenvalue weighted by molar-refractivity contribution is -0.133. The fourth-order valence-electron chi connectivity index (χ4n) is 3.81. The molecule has 1 amide bonds. The molecule has 24 heavy (non-hydrogen) atoms. The van der Waals surface area contributed by atoms with Crippen molar-refractivity contribution in [1.82, 2.24) is 4.90 Å². The van der Waals surface area contributed by atoms with E-state index in [0.29, 0.717) is 23.3 Å². The Morgan fingerprint density at radius 2 is 1.75 bits per heavy atom. The molecule has 0 N–H and O–H groups in total. The highest BCUT2D eigenvalue weighted by atomic mass is 16.5. The van der Waals surface area contributed by atoms with E-state index in [2.05, 4.69) is 0 Å². The molecular weight excluding hydrogens is 306 g/mol. The maximum absolute atomic E-state index is 12.6. The van der Waals surface area contributed by atoms with Crippen LogP contribution in [0.2, 0.25) is 0 Å². The van der Waals surface area contributed by atoms with Gasteiger partial charge in [-0.15, -0.1) is 0 Å². The van der Waals surface area contributed by atoms with Crippen LogP contribution >= 0.6 is 0 Å². The zero-order chi connectivity index (χ0) is 17.0. The van der Waals surface area contributed by atoms with Gasteiger partial charge in [-0.1, -0.05) is 6.07 Å². The van der Waals surface area contributed by atoms with Crippen LogP contribution in [0.25, 0.3) is 0 Å². The van der Waals surface area contributed by atoms with Crippen LogP contribution in [0.1, 0.15) is 31.2 Å². The third-order valence-electron chi connectivity index (χ3n) is 5.53. The summed E-state index contributed by atoms with van der Waals surface area (Å²) in [5, 5.41) is 0. The topological polar surface area (TPSA) is 48.0 Å². The third kappa shape index (κ3) is 3.66. The first-order valence-corrected chi connectivity index (χ1v) is 8.72. The fraction of sp³-hybridized carbons (Fsp3) is 0.632. The van der Waals surface area contributed by atoms with Gasteiger partial charge in [0, 0.05) is 26.3 Å². The van der Waals surface area contributed by atoms with Gasteiger partial charge in [-0.2, -0.15) is 0 Å². The fourth-order valence-corrected chi connectivity index (χ4v) is 3.81. The molecule has 0 saturated carbocycles. The number of likely N-dealkylation sites (tertiary alicyclic amines) is 1. The van der Waals surface area contributed by atoms with Crippen LogP contribution in [0.4, 0.5) is 0 Å². The lowest BCUT2D eigenvalue weighted by Crippen LogP contribution is -2.45. The van der Waals surface area contributed by atoms with Crippen molar-refractivity contribution in [3.8, 4) is 11.5 Å². The summed E-state index contributed by atoms with van der Waals surface area (Å²) in [4.78, 5) is 14.6. The van der Waals surface area contributed by atoms with E-state index in [1.54, 1.807) is 14.2 Å². The molecule has 0 atom stereocenters. The van der Waals surface area contributed by atoms with Gasteiger partial charge >= 0.3 is 0 Å². The highest BCUT2D eigenvalue weighted by molar-refractivity contribution is 5.79. The summed E-state index contributed by atoms with van der Waals surface area (Å²) in [6.45, 7) is 3.48. The van der Waals surface area contributed by atoms with Crippen LogP contribution < -0.4 is 9.47 Å². The first kappa shape index (κ1) is 17.1. The number of methoxy groups -OCH3 is 2. The van der Waals surface area contributed by atoms with E-state index in [9.17, 15) is 4.79 Å². The molecular formula is C19H27NO4. The normalized spacial score (nSPS) is 20.0. The van der Waals surface area contributed by atoms with E-state index in [-0.39, 0.29) is 5.91 Å². The Labute approximate surface area is 143 Å². The molecule has 5 heteroatoms. The molecule has 0 radical (unpaired) electrons. The van der Waals surface area contributed by atoms with E-state index in [1.165, 1.54) is 0 Å². The maximum atomic E-state index is 12.6. The summed E-state index contributed by atoms with van der Waals surface area (Å²) in [5.74, 6) is 1.56. The molecule has 1 spiro atoms. The molecule has 2 heterocycles. The smallest absolute Gasteiger partial charge is 0.226 e. The van der Waals surface area contributed by atoms with Gasteiger partial charge < -0.3 is 19.1 Å². The summed E-state index contributed by atoms with van der Waals surface area (Å²) in [6.07, 6.45) is 4.91. The number of nitrogens with zero attached hydrogens (tertiary/aromatic N) is 1. The van der Waals surface area contributed by atoms with Gasteiger partial charge in [0.1, 0.15) is 0 Å². The van der Waals surface area contributed by atoms with Crippen LogP contribution in [0.3, 0.4) is 0 Å². The van der Waals surface area contributed by atoms with Crippen molar-refractivity contribution >= 4 is 5.91 Å². The molecule has 0 bridgehead atoms. The number of hydrogen-bond donors (Lipinski definition) is 0. The Morgan fingerprint density at radius 3 is 2.38 bits per heavy atom. The zero-order valence-electron chi connectivity index (χ0n) is 14.7. The number of benzene rings is 1. The van der Waals surface area contributed by atoms with Crippen LogP contribution in [-0.4, -0.2) is 51.3 Å². The minimum atomic E-state index is 0.198. The van der Waals surface area contributed by atoms with Gasteiger partial charge in [-0.25, -0.2) is 0 Å². The van der Waals surface area contributed by atoms with E-state index >= 15 is 0 Å². The Morgan fingerprint density at radius 1 is 1.08 bits per heavy atom. The van der Waals surface area contributed by atoms with Gasteiger partial charge in [0.15, 0.2) is 11.5 Å². The first-order chi connectivity index (χ1) is 11.7. The van der Waals surface area contributed by atoms with Crippen LogP contribution in [0.5, 0.6) is 11.5 Å². The molecule has 1 aromatic rings. The molecule has 3 rings (SSSR count). The third-order valence-corrected chi connectivity index (χ3v) is 5.53. The summed E-state index contributed by atoms with van der Waals surface area (Å²) in [6, 6.07) is 5.68. The number of piperidine rings is 1. The second-order valence-electron chi connectivity index (χ2n) is 6.86. The van der Waals surface area contributed by atoms with Gasteiger partial charge in [0.25, 0.3) is 0 Å². The molecule has 2 aliphatic heterocycles. The number of rotatable bonds is 4. The Balaban J connectivity index is 1.58. The maximum Gasteiger partial charge on any atom is 0.226 e. The summed E-state index contributed by atoms with van der Waals surface area (Å²) in [7, 11) is 3.23. The largest absolute Gasteiger partial charge is 0.493 e. The van der Waals surface area contributed by atoms with Crippen molar-refractivity contribution in [3.05, 3.63) is 23.8 Å². The Bertz CT molecular complexity index is 571. The van der Waals surface area contributed by atoms with Gasteiger partial charge in [-0.05, 0) is 48.8 Å². The minimum absolute atomic E-state index is 0.198. The van der Waals surface area contributed by atoms with Gasteiger partial charge in [0.2, 0.25) is 5.91 Å². The Hall–Kier alpha value is -1.75. The van der Waals surface area contributed by atoms with Crippen molar-refractivity contribution in [3.63, 3.8) is 0 Å². The highest BCUT2D eigenvalue weighted by Crippen LogP contribution is 2.40. The van der Waals surface area contributed by atoms with E-state index in [1.807, 2.05) is 23.1 Å². The number of carbonyl (C=O) groups is 1. The SMILES string of the molecule is COc1ccc(CC(=O)N2CCC3(CCOCC3)CC2)cc1OC. The number of ether oxygens (including phenoxy) is 3. The molecule has 0 aromatic heterocycles. The molecule has 1 aromatic carbocycles. The summed E-state index contributed by atoms with van der Waals surface area (Å²) in [5.41, 5.74) is 1.38. The second-order valence-corrected chi connectivity index (χ2v) is 6.86. The summed E-state index contributed by atoms with van der Waals surface area (Å²) < 4.78 is 16.1. The van der Waals surface area contributed by atoms with Crippen molar-refractivity contribution in [2.45, 2.75) is 32.1 Å². The van der Waals surface area contributed by atoms with Gasteiger partial charge in [0.05, 0.1) is 20.6 Å². The predicted molar refractivity (Wildman–Crippen MR) is 91.6 cm³/mol. The van der Waals surface area contributed by atoms with Crippen molar-refractivity contribution in [1.29, 1.82) is 0 Å². The lowest BCUT2D eigenvalue weighted by Gasteiger charge is -2.44. The van der Waals surface area contributed by atoms with E-state index in [4.69, 9.17) is 14.2 Å².